The van der Waals surface area contributed by atoms with Crippen LogP contribution >= 0.6 is 0 Å². The van der Waals surface area contributed by atoms with Gasteiger partial charge in [-0.05, 0) is 13.8 Å². The molecule has 90 valence electrons. The predicted molar refractivity (Wildman–Crippen MR) is 68.1 cm³/mol. The van der Waals surface area contributed by atoms with Crippen molar-refractivity contribution in [3.63, 3.8) is 0 Å². The van der Waals surface area contributed by atoms with Gasteiger partial charge < -0.3 is 4.74 Å². The van der Waals surface area contributed by atoms with Crippen molar-refractivity contribution >= 4 is 0 Å². The fourth-order valence-corrected chi connectivity index (χ4v) is 1.55. The molecule has 2 aromatic rings. The van der Waals surface area contributed by atoms with Gasteiger partial charge in [0, 0.05) is 17.3 Å². The second-order valence-corrected chi connectivity index (χ2v) is 3.98. The minimum absolute atomic E-state index is 0.0101. The van der Waals surface area contributed by atoms with Crippen molar-refractivity contribution in [2.45, 2.75) is 13.8 Å². The number of aromatic nitrogens is 2. The van der Waals surface area contributed by atoms with Crippen molar-refractivity contribution in [3.05, 3.63) is 41.6 Å². The standard InChI is InChI=1S/C14H13N3O/c1-10-3-5-12(6-4-10)14-16-11(2)9-13(17-14)18-8-7-15/h3-6,9H,8H2,1-2H3. The summed E-state index contributed by atoms with van der Waals surface area (Å²) in [6.07, 6.45) is 0. The molecular weight excluding hydrogens is 226 g/mol. The maximum Gasteiger partial charge on any atom is 0.218 e. The molecule has 0 N–H and O–H groups in total. The van der Waals surface area contributed by atoms with E-state index in [1.54, 1.807) is 6.07 Å². The third-order valence-corrected chi connectivity index (χ3v) is 2.43. The second-order valence-electron chi connectivity index (χ2n) is 3.98. The Morgan fingerprint density at radius 3 is 2.56 bits per heavy atom. The Bertz CT molecular complexity index is 585. The molecule has 0 aliphatic heterocycles. The first kappa shape index (κ1) is 12.1. The molecule has 1 aromatic carbocycles. The molecule has 0 saturated carbocycles. The van der Waals surface area contributed by atoms with Crippen LogP contribution in [-0.4, -0.2) is 16.6 Å². The predicted octanol–water partition coefficient (Wildman–Crippen LogP) is 2.66. The van der Waals surface area contributed by atoms with Crippen molar-refractivity contribution < 1.29 is 4.74 Å². The van der Waals surface area contributed by atoms with Crippen LogP contribution in [0.1, 0.15) is 11.3 Å². The van der Waals surface area contributed by atoms with Gasteiger partial charge in [-0.1, -0.05) is 29.8 Å². The molecule has 0 atom stereocenters. The van der Waals surface area contributed by atoms with Crippen molar-refractivity contribution in [2.24, 2.45) is 0 Å². The van der Waals surface area contributed by atoms with Crippen molar-refractivity contribution in [1.82, 2.24) is 9.97 Å². The molecule has 18 heavy (non-hydrogen) atoms. The lowest BCUT2D eigenvalue weighted by Crippen LogP contribution is -2.00. The normalized spacial score (nSPS) is 9.83. The van der Waals surface area contributed by atoms with Gasteiger partial charge in [-0.2, -0.15) is 10.2 Å². The topological polar surface area (TPSA) is 58.8 Å². The summed E-state index contributed by atoms with van der Waals surface area (Å²) in [6.45, 7) is 3.89. The summed E-state index contributed by atoms with van der Waals surface area (Å²) in [5, 5.41) is 8.50. The van der Waals surface area contributed by atoms with Gasteiger partial charge >= 0.3 is 0 Å². The summed E-state index contributed by atoms with van der Waals surface area (Å²) in [4.78, 5) is 8.65. The number of rotatable bonds is 3. The van der Waals surface area contributed by atoms with Crippen molar-refractivity contribution in [1.29, 1.82) is 5.26 Å². The van der Waals surface area contributed by atoms with Gasteiger partial charge in [-0.15, -0.1) is 0 Å². The van der Waals surface area contributed by atoms with Crippen molar-refractivity contribution in [3.8, 4) is 23.3 Å². The van der Waals surface area contributed by atoms with Gasteiger partial charge in [0.2, 0.25) is 5.88 Å². The first-order valence-electron chi connectivity index (χ1n) is 5.61. The molecule has 0 fully saturated rings. The van der Waals surface area contributed by atoms with Gasteiger partial charge in [0.05, 0.1) is 0 Å². The van der Waals surface area contributed by atoms with E-state index in [0.717, 1.165) is 11.3 Å². The Balaban J connectivity index is 2.36. The third-order valence-electron chi connectivity index (χ3n) is 2.43. The number of nitriles is 1. The van der Waals surface area contributed by atoms with Crippen molar-refractivity contribution in [2.75, 3.05) is 6.61 Å². The van der Waals surface area contributed by atoms with Crippen LogP contribution in [0.4, 0.5) is 0 Å². The Labute approximate surface area is 106 Å². The van der Waals surface area contributed by atoms with E-state index in [0.29, 0.717) is 11.7 Å². The molecule has 0 spiro atoms. The zero-order valence-corrected chi connectivity index (χ0v) is 10.3. The first-order valence-corrected chi connectivity index (χ1v) is 5.61. The molecule has 4 nitrogen and oxygen atoms in total. The van der Waals surface area contributed by atoms with E-state index >= 15 is 0 Å². The molecule has 0 unspecified atom stereocenters. The average molecular weight is 239 g/mol. The lowest BCUT2D eigenvalue weighted by Gasteiger charge is -2.06. The van der Waals surface area contributed by atoms with Gasteiger partial charge in [0.25, 0.3) is 0 Å². The number of benzene rings is 1. The van der Waals surface area contributed by atoms with Crippen LogP contribution in [0.5, 0.6) is 5.88 Å². The van der Waals surface area contributed by atoms with Crippen LogP contribution in [0.3, 0.4) is 0 Å². The van der Waals surface area contributed by atoms with E-state index in [-0.39, 0.29) is 6.61 Å². The lowest BCUT2D eigenvalue weighted by molar-refractivity contribution is 0.353. The number of hydrogen-bond donors (Lipinski definition) is 0. The molecule has 1 aromatic heterocycles. The van der Waals surface area contributed by atoms with Crippen LogP contribution in [0.2, 0.25) is 0 Å². The smallest absolute Gasteiger partial charge is 0.218 e. The molecular formula is C14H13N3O. The molecule has 2 rings (SSSR count). The van der Waals surface area contributed by atoms with Gasteiger partial charge in [-0.3, -0.25) is 0 Å². The highest BCUT2D eigenvalue weighted by Gasteiger charge is 2.05. The third kappa shape index (κ3) is 2.83. The van der Waals surface area contributed by atoms with E-state index in [1.807, 2.05) is 44.2 Å². The van der Waals surface area contributed by atoms with Crippen LogP contribution in [-0.2, 0) is 0 Å². The molecule has 0 amide bonds. The fraction of sp³-hybridized carbons (Fsp3) is 0.214. The molecule has 0 saturated heterocycles. The minimum Gasteiger partial charge on any atom is -0.462 e. The first-order chi connectivity index (χ1) is 8.69. The summed E-state index contributed by atoms with van der Waals surface area (Å²) in [5.41, 5.74) is 2.94. The maximum absolute atomic E-state index is 8.50. The van der Waals surface area contributed by atoms with Crippen LogP contribution in [0.25, 0.3) is 11.4 Å². The highest BCUT2D eigenvalue weighted by atomic mass is 16.5. The van der Waals surface area contributed by atoms with E-state index in [2.05, 4.69) is 9.97 Å². The SMILES string of the molecule is Cc1ccc(-c2nc(C)cc(OCC#N)n2)cc1. The summed E-state index contributed by atoms with van der Waals surface area (Å²) in [5.74, 6) is 1.04. The lowest BCUT2D eigenvalue weighted by atomic mass is 10.1. The Kier molecular flexibility index (Phi) is 3.54. The van der Waals surface area contributed by atoms with Gasteiger partial charge in [0.1, 0.15) is 6.07 Å². The molecule has 0 aliphatic carbocycles. The zero-order chi connectivity index (χ0) is 13.0. The summed E-state index contributed by atoms with van der Waals surface area (Å²) in [6, 6.07) is 11.6. The average Bonchev–Trinajstić information content (AvgIpc) is 2.36. The van der Waals surface area contributed by atoms with Gasteiger partial charge in [0.15, 0.2) is 12.4 Å². The summed E-state index contributed by atoms with van der Waals surface area (Å²) >= 11 is 0. The summed E-state index contributed by atoms with van der Waals surface area (Å²) < 4.78 is 5.21. The monoisotopic (exact) mass is 239 g/mol. The zero-order valence-electron chi connectivity index (χ0n) is 10.3. The number of nitrogens with zero attached hydrogens (tertiary/aromatic N) is 3. The fourth-order valence-electron chi connectivity index (χ4n) is 1.55. The minimum atomic E-state index is -0.0101. The van der Waals surface area contributed by atoms with Crippen LogP contribution in [0, 0.1) is 25.2 Å². The highest BCUT2D eigenvalue weighted by molar-refractivity contribution is 5.56. The van der Waals surface area contributed by atoms with E-state index < -0.39 is 0 Å². The molecule has 1 heterocycles. The Morgan fingerprint density at radius 2 is 1.89 bits per heavy atom. The maximum atomic E-state index is 8.50. The summed E-state index contributed by atoms with van der Waals surface area (Å²) in [7, 11) is 0. The molecule has 4 heteroatoms. The van der Waals surface area contributed by atoms with E-state index in [1.165, 1.54) is 5.56 Å². The highest BCUT2D eigenvalue weighted by Crippen LogP contribution is 2.19. The quantitative estimate of drug-likeness (QED) is 0.826. The number of ether oxygens (including phenoxy) is 1. The van der Waals surface area contributed by atoms with Crippen LogP contribution in [0.15, 0.2) is 30.3 Å². The van der Waals surface area contributed by atoms with E-state index in [9.17, 15) is 0 Å². The number of aryl methyl sites for hydroxylation is 2. The Hall–Kier alpha value is -2.41. The molecule has 0 aliphatic rings. The second kappa shape index (κ2) is 5.28. The van der Waals surface area contributed by atoms with Crippen LogP contribution < -0.4 is 4.74 Å². The largest absolute Gasteiger partial charge is 0.462 e. The molecule has 0 radical (unpaired) electrons. The Morgan fingerprint density at radius 1 is 1.17 bits per heavy atom. The number of hydrogen-bond acceptors (Lipinski definition) is 4. The molecule has 0 bridgehead atoms. The van der Waals surface area contributed by atoms with Gasteiger partial charge in [-0.25, -0.2) is 4.98 Å². The van der Waals surface area contributed by atoms with E-state index in [4.69, 9.17) is 10.00 Å².